The van der Waals surface area contributed by atoms with E-state index in [2.05, 4.69) is 0 Å². The molecular formula is C12H23NO4S. The largest absolute Gasteiger partial charge is 0.480 e. The monoisotopic (exact) mass is 277 g/mol. The zero-order chi connectivity index (χ0) is 14.0. The molecule has 0 aromatic rings. The molecule has 1 aliphatic rings. The summed E-state index contributed by atoms with van der Waals surface area (Å²) >= 11 is 0. The lowest BCUT2D eigenvalue weighted by molar-refractivity contribution is -0.147. The molecule has 0 amide bonds. The van der Waals surface area contributed by atoms with Gasteiger partial charge < -0.3 is 5.11 Å². The molecule has 1 rings (SSSR count). The third-order valence-corrected chi connectivity index (χ3v) is 5.66. The van der Waals surface area contributed by atoms with Crippen molar-refractivity contribution in [3.05, 3.63) is 0 Å². The van der Waals surface area contributed by atoms with Gasteiger partial charge in [-0.25, -0.2) is 8.42 Å². The summed E-state index contributed by atoms with van der Waals surface area (Å²) in [6, 6.07) is 0. The maximum atomic E-state index is 12.3. The van der Waals surface area contributed by atoms with Crippen LogP contribution < -0.4 is 0 Å². The number of rotatable bonds is 6. The molecule has 1 N–H and O–H groups in total. The van der Waals surface area contributed by atoms with Gasteiger partial charge >= 0.3 is 5.97 Å². The van der Waals surface area contributed by atoms with Crippen molar-refractivity contribution >= 4 is 16.0 Å². The molecule has 18 heavy (non-hydrogen) atoms. The summed E-state index contributed by atoms with van der Waals surface area (Å²) in [5.74, 6) is -0.682. The average Bonchev–Trinajstić information content (AvgIpc) is 2.72. The van der Waals surface area contributed by atoms with Crippen LogP contribution in [-0.4, -0.2) is 41.6 Å². The third-order valence-electron chi connectivity index (χ3n) is 3.70. The highest BCUT2D eigenvalue weighted by molar-refractivity contribution is 7.89. The van der Waals surface area contributed by atoms with Gasteiger partial charge in [0.15, 0.2) is 0 Å². The van der Waals surface area contributed by atoms with Crippen molar-refractivity contribution in [3.8, 4) is 0 Å². The average molecular weight is 277 g/mol. The summed E-state index contributed by atoms with van der Waals surface area (Å²) in [5.41, 5.74) is -1.21. The van der Waals surface area contributed by atoms with Gasteiger partial charge in [-0.05, 0) is 31.6 Å². The molecule has 0 radical (unpaired) electrons. The smallest absolute Gasteiger partial charge is 0.325 e. The van der Waals surface area contributed by atoms with Gasteiger partial charge in [0.25, 0.3) is 0 Å². The highest BCUT2D eigenvalue weighted by atomic mass is 32.2. The van der Waals surface area contributed by atoms with Crippen LogP contribution >= 0.6 is 0 Å². The van der Waals surface area contributed by atoms with Gasteiger partial charge in [0.2, 0.25) is 10.0 Å². The summed E-state index contributed by atoms with van der Waals surface area (Å²) < 4.78 is 25.8. The Morgan fingerprint density at radius 1 is 1.44 bits per heavy atom. The Hall–Kier alpha value is -0.620. The highest BCUT2D eigenvalue weighted by Crippen LogP contribution is 2.35. The van der Waals surface area contributed by atoms with Crippen molar-refractivity contribution in [1.82, 2.24) is 4.31 Å². The quantitative estimate of drug-likeness (QED) is 0.801. The van der Waals surface area contributed by atoms with Gasteiger partial charge in [0, 0.05) is 6.54 Å². The SMILES string of the molecule is CCC1(C(=O)O)CCCN1S(=O)(=O)CCC(C)C. The fourth-order valence-corrected chi connectivity index (χ4v) is 4.70. The molecule has 0 spiro atoms. The molecule has 1 aliphatic heterocycles. The number of sulfonamides is 1. The summed E-state index contributed by atoms with van der Waals surface area (Å²) in [5, 5.41) is 9.37. The minimum atomic E-state index is -3.47. The number of carboxylic acid groups (broad SMARTS) is 1. The van der Waals surface area contributed by atoms with E-state index in [1.54, 1.807) is 6.92 Å². The van der Waals surface area contributed by atoms with E-state index in [0.29, 0.717) is 38.1 Å². The van der Waals surface area contributed by atoms with Crippen molar-refractivity contribution in [2.45, 2.75) is 52.0 Å². The number of aliphatic carboxylic acids is 1. The first-order chi connectivity index (χ1) is 8.26. The van der Waals surface area contributed by atoms with Crippen LogP contribution in [0.5, 0.6) is 0 Å². The van der Waals surface area contributed by atoms with E-state index in [9.17, 15) is 18.3 Å². The number of hydrogen-bond donors (Lipinski definition) is 1. The second kappa shape index (κ2) is 5.57. The molecule has 0 bridgehead atoms. The van der Waals surface area contributed by atoms with Gasteiger partial charge in [-0.1, -0.05) is 20.8 Å². The van der Waals surface area contributed by atoms with E-state index < -0.39 is 21.5 Å². The first-order valence-electron chi connectivity index (χ1n) is 6.50. The maximum Gasteiger partial charge on any atom is 0.325 e. The number of nitrogens with zero attached hydrogens (tertiary/aromatic N) is 1. The Balaban J connectivity index is 2.96. The predicted octanol–water partition coefficient (Wildman–Crippen LogP) is 1.69. The van der Waals surface area contributed by atoms with Crippen LogP contribution in [0.25, 0.3) is 0 Å². The van der Waals surface area contributed by atoms with Crippen molar-refractivity contribution in [2.24, 2.45) is 5.92 Å². The van der Waals surface area contributed by atoms with E-state index in [1.165, 1.54) is 4.31 Å². The van der Waals surface area contributed by atoms with E-state index >= 15 is 0 Å². The number of carbonyl (C=O) groups is 1. The zero-order valence-corrected chi connectivity index (χ0v) is 12.2. The lowest BCUT2D eigenvalue weighted by Gasteiger charge is -2.33. The lowest BCUT2D eigenvalue weighted by Crippen LogP contribution is -2.53. The standard InChI is InChI=1S/C12H23NO4S/c1-4-12(11(14)15)7-5-8-13(12)18(16,17)9-6-10(2)3/h10H,4-9H2,1-3H3,(H,14,15). The van der Waals surface area contributed by atoms with Crippen molar-refractivity contribution in [3.63, 3.8) is 0 Å². The van der Waals surface area contributed by atoms with Crippen LogP contribution in [0, 0.1) is 5.92 Å². The van der Waals surface area contributed by atoms with Gasteiger partial charge in [-0.2, -0.15) is 4.31 Å². The van der Waals surface area contributed by atoms with Crippen LogP contribution in [0.3, 0.4) is 0 Å². The van der Waals surface area contributed by atoms with Gasteiger partial charge in [-0.3, -0.25) is 4.79 Å². The zero-order valence-electron chi connectivity index (χ0n) is 11.3. The van der Waals surface area contributed by atoms with E-state index in [0.717, 1.165) is 0 Å². The minimum absolute atomic E-state index is 0.0414. The summed E-state index contributed by atoms with van der Waals surface area (Å²) in [7, 11) is -3.47. The van der Waals surface area contributed by atoms with Gasteiger partial charge in [0.1, 0.15) is 5.54 Å². The highest BCUT2D eigenvalue weighted by Gasteiger charge is 2.51. The first kappa shape index (κ1) is 15.4. The Morgan fingerprint density at radius 2 is 2.06 bits per heavy atom. The molecule has 106 valence electrons. The molecule has 1 saturated heterocycles. The van der Waals surface area contributed by atoms with Gasteiger partial charge in [0.05, 0.1) is 5.75 Å². The Morgan fingerprint density at radius 3 is 2.50 bits per heavy atom. The Bertz CT molecular complexity index is 404. The van der Waals surface area contributed by atoms with Gasteiger partial charge in [-0.15, -0.1) is 0 Å². The fourth-order valence-electron chi connectivity index (χ4n) is 2.47. The molecule has 0 aromatic heterocycles. The summed E-state index contributed by atoms with van der Waals surface area (Å²) in [6.07, 6.45) is 1.93. The van der Waals surface area contributed by atoms with Crippen LogP contribution in [0.2, 0.25) is 0 Å². The third kappa shape index (κ3) is 2.85. The van der Waals surface area contributed by atoms with E-state index in [4.69, 9.17) is 0 Å². The second-order valence-corrected chi connectivity index (χ2v) is 7.38. The molecule has 0 aliphatic carbocycles. The normalized spacial score (nSPS) is 25.8. The first-order valence-corrected chi connectivity index (χ1v) is 8.11. The Kier molecular flexibility index (Phi) is 4.78. The summed E-state index contributed by atoms with van der Waals surface area (Å²) in [4.78, 5) is 11.4. The molecule has 1 fully saturated rings. The maximum absolute atomic E-state index is 12.3. The Labute approximate surface area is 109 Å². The van der Waals surface area contributed by atoms with Crippen molar-refractivity contribution in [1.29, 1.82) is 0 Å². The summed E-state index contributed by atoms with van der Waals surface area (Å²) in [6.45, 7) is 6.00. The van der Waals surface area contributed by atoms with Crippen LogP contribution in [0.15, 0.2) is 0 Å². The molecular weight excluding hydrogens is 254 g/mol. The fraction of sp³-hybridized carbons (Fsp3) is 0.917. The molecule has 5 nitrogen and oxygen atoms in total. The van der Waals surface area contributed by atoms with Crippen molar-refractivity contribution < 1.29 is 18.3 Å². The minimum Gasteiger partial charge on any atom is -0.480 e. The van der Waals surface area contributed by atoms with Crippen molar-refractivity contribution in [2.75, 3.05) is 12.3 Å². The van der Waals surface area contributed by atoms with E-state index in [1.807, 2.05) is 13.8 Å². The second-order valence-electron chi connectivity index (χ2n) is 5.36. The number of hydrogen-bond acceptors (Lipinski definition) is 3. The molecule has 1 unspecified atom stereocenters. The molecule has 1 atom stereocenters. The predicted molar refractivity (Wildman–Crippen MR) is 69.8 cm³/mol. The van der Waals surface area contributed by atoms with Crippen LogP contribution in [0.1, 0.15) is 46.5 Å². The topological polar surface area (TPSA) is 74.7 Å². The van der Waals surface area contributed by atoms with E-state index in [-0.39, 0.29) is 5.75 Å². The van der Waals surface area contributed by atoms with Crippen LogP contribution in [-0.2, 0) is 14.8 Å². The molecule has 0 aromatic carbocycles. The molecule has 6 heteroatoms. The molecule has 1 heterocycles. The lowest BCUT2D eigenvalue weighted by atomic mass is 9.95. The van der Waals surface area contributed by atoms with Crippen LogP contribution in [0.4, 0.5) is 0 Å². The number of carboxylic acids is 1. The molecule has 0 saturated carbocycles.